The van der Waals surface area contributed by atoms with E-state index in [2.05, 4.69) is 407 Å². The Kier molecular flexibility index (Phi) is 14.2. The summed E-state index contributed by atoms with van der Waals surface area (Å²) < 4.78 is 9.62. The third-order valence-corrected chi connectivity index (χ3v) is 20.2. The molecule has 0 spiro atoms. The van der Waals surface area contributed by atoms with Gasteiger partial charge in [0.1, 0.15) is 0 Å². The van der Waals surface area contributed by atoms with Gasteiger partial charge < -0.3 is 18.3 Å². The quantitative estimate of drug-likeness (QED) is 0.130. The van der Waals surface area contributed by atoms with E-state index in [0.717, 1.165) is 22.7 Å². The van der Waals surface area contributed by atoms with Crippen LogP contribution in [0.1, 0.15) is 0 Å². The van der Waals surface area contributed by atoms with E-state index in [1.54, 1.807) is 0 Å². The third kappa shape index (κ3) is 10.1. The van der Waals surface area contributed by atoms with E-state index in [1.165, 1.54) is 154 Å². The molecule has 100 heavy (non-hydrogen) atoms. The molecule has 0 aliphatic heterocycles. The highest BCUT2D eigenvalue weighted by molar-refractivity contribution is 6.15. The predicted octanol–water partition coefficient (Wildman–Crippen LogP) is 25.8. The van der Waals surface area contributed by atoms with Crippen LogP contribution < -0.4 is 0 Å². The molecule has 468 valence electrons. The first-order chi connectivity index (χ1) is 49.6. The summed E-state index contributed by atoms with van der Waals surface area (Å²) >= 11 is 0. The molecule has 0 radical (unpaired) electrons. The lowest BCUT2D eigenvalue weighted by Crippen LogP contribution is -1.94. The number of fused-ring (bicyclic) bond motifs is 12. The number of hydrogen-bond acceptors (Lipinski definition) is 0. The van der Waals surface area contributed by atoms with Crippen molar-refractivity contribution in [1.29, 1.82) is 0 Å². The van der Waals surface area contributed by atoms with Gasteiger partial charge >= 0.3 is 0 Å². The smallest absolute Gasteiger partial charge is 0.0547 e. The summed E-state index contributed by atoms with van der Waals surface area (Å²) in [6.07, 6.45) is 0. The molecule has 0 unspecified atom stereocenters. The minimum atomic E-state index is 1.16. The Balaban J connectivity index is 0.000000139. The molecule has 0 aliphatic rings. The Morgan fingerprint density at radius 2 is 0.340 bits per heavy atom. The molecule has 20 rings (SSSR count). The lowest BCUT2D eigenvalue weighted by atomic mass is 9.99. The second-order valence-electron chi connectivity index (χ2n) is 26.0. The van der Waals surface area contributed by atoms with Gasteiger partial charge in [-0.05, 0) is 182 Å². The summed E-state index contributed by atoms with van der Waals surface area (Å²) in [6, 6.07) is 141. The van der Waals surface area contributed by atoms with Crippen LogP contribution in [0.3, 0.4) is 0 Å². The SMILES string of the molecule is c1ccc(-c2ccc(-n3c4ccccc4c4cc(-c5ccc6c(c5)c5ccc(-c7ccccc7)cc5n6-c5ccccc5)ccc43)cc2)cc1.c1ccc(-c2cccc(-n3c4ccccc4c4cc(-c5ccc6c7ccc(-c8ccccc8)cc7n(-c7ccccc7)c6c5)ccc43)c2)cc1. The van der Waals surface area contributed by atoms with Crippen LogP contribution in [0.5, 0.6) is 0 Å². The monoisotopic (exact) mass is 1270 g/mol. The molecule has 4 nitrogen and oxygen atoms in total. The summed E-state index contributed by atoms with van der Waals surface area (Å²) in [5.41, 5.74) is 28.9. The summed E-state index contributed by atoms with van der Waals surface area (Å²) in [5, 5.41) is 10.0. The fourth-order valence-electron chi connectivity index (χ4n) is 15.5. The van der Waals surface area contributed by atoms with E-state index in [0.29, 0.717) is 0 Å². The molecule has 4 heterocycles. The molecule has 0 bridgehead atoms. The van der Waals surface area contributed by atoms with Crippen molar-refractivity contribution in [1.82, 2.24) is 18.3 Å². The van der Waals surface area contributed by atoms with Crippen molar-refractivity contribution in [3.63, 3.8) is 0 Å². The van der Waals surface area contributed by atoms with E-state index in [4.69, 9.17) is 0 Å². The first-order valence-corrected chi connectivity index (χ1v) is 34.4. The first-order valence-electron chi connectivity index (χ1n) is 34.4. The zero-order valence-electron chi connectivity index (χ0n) is 54.7. The van der Waals surface area contributed by atoms with E-state index >= 15 is 0 Å². The lowest BCUT2D eigenvalue weighted by Gasteiger charge is -2.11. The molecule has 16 aromatic carbocycles. The topological polar surface area (TPSA) is 19.7 Å². The van der Waals surface area contributed by atoms with Gasteiger partial charge in [0.05, 0.1) is 44.1 Å². The van der Waals surface area contributed by atoms with Gasteiger partial charge in [-0.25, -0.2) is 0 Å². The molecule has 0 N–H and O–H groups in total. The number of rotatable bonds is 10. The van der Waals surface area contributed by atoms with Crippen LogP contribution in [-0.2, 0) is 0 Å². The highest BCUT2D eigenvalue weighted by Crippen LogP contribution is 2.43. The van der Waals surface area contributed by atoms with Crippen molar-refractivity contribution in [2.24, 2.45) is 0 Å². The molecule has 0 amide bonds. The molecule has 4 aromatic heterocycles. The minimum absolute atomic E-state index is 1.16. The highest BCUT2D eigenvalue weighted by atomic mass is 15.0. The van der Waals surface area contributed by atoms with Crippen molar-refractivity contribution in [3.05, 3.63) is 388 Å². The molecular formula is C96H64N4. The standard InChI is InChI=1S/2C48H32N2/c1-4-13-33(14-5-1)35-17-12-20-40(29-35)50-45-22-11-10-21-41(45)44-30-36(25-28-46(44)50)38-24-27-43-42-26-23-37(34-15-6-2-7-16-34)31-47(42)49(48(43)32-38)39-18-8-3-9-19-39;1-4-12-33(13-5-1)35-20-25-40(26-21-35)49-45-19-11-10-18-41(45)43-30-36(23-28-46(43)49)37-24-29-47-44(31-37)42-27-22-38(34-14-6-2-7-15-34)32-48(42)50(47)39-16-8-3-9-17-39/h2*1-32H. The van der Waals surface area contributed by atoms with Crippen LogP contribution in [0, 0.1) is 0 Å². The first kappa shape index (κ1) is 58.1. The van der Waals surface area contributed by atoms with Gasteiger partial charge in [0.15, 0.2) is 0 Å². The van der Waals surface area contributed by atoms with Gasteiger partial charge in [-0.15, -0.1) is 0 Å². The van der Waals surface area contributed by atoms with Gasteiger partial charge in [-0.3, -0.25) is 0 Å². The van der Waals surface area contributed by atoms with Crippen molar-refractivity contribution >= 4 is 87.2 Å². The molecule has 0 atom stereocenters. The molecule has 0 saturated carbocycles. The van der Waals surface area contributed by atoms with Crippen LogP contribution in [0.4, 0.5) is 0 Å². The van der Waals surface area contributed by atoms with Gasteiger partial charge in [-0.1, -0.05) is 273 Å². The summed E-state index contributed by atoms with van der Waals surface area (Å²) in [4.78, 5) is 0. The zero-order valence-corrected chi connectivity index (χ0v) is 54.7. The number of para-hydroxylation sites is 4. The van der Waals surface area contributed by atoms with Crippen molar-refractivity contribution in [2.75, 3.05) is 0 Å². The molecule has 0 fully saturated rings. The van der Waals surface area contributed by atoms with Gasteiger partial charge in [0.2, 0.25) is 0 Å². The number of benzene rings is 16. The van der Waals surface area contributed by atoms with E-state index < -0.39 is 0 Å². The Labute approximate surface area is 579 Å². The third-order valence-electron chi connectivity index (χ3n) is 20.2. The fourth-order valence-corrected chi connectivity index (χ4v) is 15.5. The van der Waals surface area contributed by atoms with Crippen molar-refractivity contribution in [2.45, 2.75) is 0 Å². The normalized spacial score (nSPS) is 11.6. The summed E-state index contributed by atoms with van der Waals surface area (Å²) in [6.45, 7) is 0. The fraction of sp³-hybridized carbons (Fsp3) is 0. The Hall–Kier alpha value is -13.3. The maximum absolute atomic E-state index is 2.42. The number of nitrogens with zero attached hydrogens (tertiary/aromatic N) is 4. The molecule has 4 heteroatoms. The van der Waals surface area contributed by atoms with E-state index in [-0.39, 0.29) is 0 Å². The van der Waals surface area contributed by atoms with Gasteiger partial charge in [0.25, 0.3) is 0 Å². The Morgan fingerprint density at radius 1 is 0.110 bits per heavy atom. The lowest BCUT2D eigenvalue weighted by molar-refractivity contribution is 1.18. The summed E-state index contributed by atoms with van der Waals surface area (Å²) in [7, 11) is 0. The van der Waals surface area contributed by atoms with Crippen LogP contribution in [0.25, 0.3) is 177 Å². The second kappa shape index (κ2) is 24.4. The van der Waals surface area contributed by atoms with Gasteiger partial charge in [-0.2, -0.15) is 0 Å². The van der Waals surface area contributed by atoms with E-state index in [1.807, 2.05) is 0 Å². The van der Waals surface area contributed by atoms with Crippen molar-refractivity contribution in [3.8, 4) is 89.5 Å². The maximum Gasteiger partial charge on any atom is 0.0547 e. The molecule has 0 aliphatic carbocycles. The average molecular weight is 1270 g/mol. The van der Waals surface area contributed by atoms with Crippen LogP contribution >= 0.6 is 0 Å². The minimum Gasteiger partial charge on any atom is -0.309 e. The largest absolute Gasteiger partial charge is 0.309 e. The summed E-state index contributed by atoms with van der Waals surface area (Å²) in [5.74, 6) is 0. The molecule has 0 saturated heterocycles. The number of aromatic nitrogens is 4. The average Bonchev–Trinajstić information content (AvgIpc) is 1.61. The Bertz CT molecular complexity index is 6460. The molecular weight excluding hydrogens is 1210 g/mol. The van der Waals surface area contributed by atoms with Crippen molar-refractivity contribution < 1.29 is 0 Å². The zero-order chi connectivity index (χ0) is 66.0. The highest BCUT2D eigenvalue weighted by Gasteiger charge is 2.21. The Morgan fingerprint density at radius 3 is 0.760 bits per heavy atom. The maximum atomic E-state index is 2.42. The van der Waals surface area contributed by atoms with E-state index in [9.17, 15) is 0 Å². The van der Waals surface area contributed by atoms with Crippen LogP contribution in [0.2, 0.25) is 0 Å². The van der Waals surface area contributed by atoms with Gasteiger partial charge in [0, 0.05) is 65.8 Å². The number of hydrogen-bond donors (Lipinski definition) is 0. The molecule has 20 aromatic rings. The van der Waals surface area contributed by atoms with Crippen LogP contribution in [-0.4, -0.2) is 18.3 Å². The predicted molar refractivity (Wildman–Crippen MR) is 423 cm³/mol. The van der Waals surface area contributed by atoms with Crippen LogP contribution in [0.15, 0.2) is 388 Å². The second-order valence-corrected chi connectivity index (χ2v) is 26.0.